The third-order valence-corrected chi connectivity index (χ3v) is 3.44. The number of sulfonamides is 1. The predicted molar refractivity (Wildman–Crippen MR) is 65.5 cm³/mol. The van der Waals surface area contributed by atoms with Gasteiger partial charge in [-0.1, -0.05) is 53.0 Å². The van der Waals surface area contributed by atoms with Crippen LogP contribution in [-0.2, 0) is 10.0 Å². The van der Waals surface area contributed by atoms with Gasteiger partial charge in [-0.2, -0.15) is 8.42 Å². The first kappa shape index (κ1) is 13.6. The van der Waals surface area contributed by atoms with E-state index in [4.69, 9.17) is 40.5 Å². The zero-order valence-electron chi connectivity index (χ0n) is 7.77. The predicted octanol–water partition coefficient (Wildman–Crippen LogP) is 2.10. The number of rotatable bonds is 2. The van der Waals surface area contributed by atoms with Crippen LogP contribution in [0.4, 0.5) is 0 Å². The number of alkyl halides is 3. The summed E-state index contributed by atoms with van der Waals surface area (Å²) in [5.41, 5.74) is 5.25. The Hall–Kier alpha value is -0.490. The Balaban J connectivity index is 3.16. The van der Waals surface area contributed by atoms with Gasteiger partial charge in [0.05, 0.1) is 4.90 Å². The summed E-state index contributed by atoms with van der Waals surface area (Å²) in [5.74, 6) is -0.596. The molecule has 8 heteroatoms. The first-order chi connectivity index (χ1) is 7.23. The van der Waals surface area contributed by atoms with Crippen LogP contribution in [0.15, 0.2) is 39.6 Å². The molecule has 0 aromatic heterocycles. The van der Waals surface area contributed by atoms with Gasteiger partial charge in [0, 0.05) is 0 Å². The highest BCUT2D eigenvalue weighted by atomic mass is 35.6. The van der Waals surface area contributed by atoms with E-state index < -0.39 is 19.7 Å². The van der Waals surface area contributed by atoms with Gasteiger partial charge in [-0.15, -0.1) is 4.40 Å². The van der Waals surface area contributed by atoms with Gasteiger partial charge >= 0.3 is 0 Å². The molecular weight excluding hydrogens is 295 g/mol. The number of benzene rings is 1. The molecule has 0 aliphatic carbocycles. The van der Waals surface area contributed by atoms with Crippen LogP contribution in [0, 0.1) is 0 Å². The lowest BCUT2D eigenvalue weighted by Gasteiger charge is -2.09. The van der Waals surface area contributed by atoms with Gasteiger partial charge in [-0.25, -0.2) is 0 Å². The Kier molecular flexibility index (Phi) is 4.07. The fourth-order valence-corrected chi connectivity index (χ4v) is 2.11. The molecule has 1 aromatic rings. The maximum Gasteiger partial charge on any atom is 0.284 e. The van der Waals surface area contributed by atoms with E-state index in [1.165, 1.54) is 12.1 Å². The molecule has 0 atom stereocenters. The number of halogens is 3. The molecular formula is C8H7Cl3N2O2S. The molecule has 88 valence electrons. The molecule has 2 N–H and O–H groups in total. The Morgan fingerprint density at radius 2 is 1.69 bits per heavy atom. The number of amidine groups is 1. The SMILES string of the molecule is N/C(=N\S(=O)(=O)c1ccccc1)C(Cl)(Cl)Cl. The van der Waals surface area contributed by atoms with Crippen molar-refractivity contribution in [3.8, 4) is 0 Å². The number of nitrogens with zero attached hydrogens (tertiary/aromatic N) is 1. The van der Waals surface area contributed by atoms with E-state index in [1.54, 1.807) is 18.2 Å². The van der Waals surface area contributed by atoms with E-state index in [2.05, 4.69) is 4.40 Å². The second-order valence-corrected chi connectivity index (χ2v) is 6.65. The Labute approximate surface area is 108 Å². The van der Waals surface area contributed by atoms with Crippen molar-refractivity contribution in [3.05, 3.63) is 30.3 Å². The lowest BCUT2D eigenvalue weighted by molar-refractivity contribution is 0.598. The summed E-state index contributed by atoms with van der Waals surface area (Å²) in [7, 11) is -3.93. The van der Waals surface area contributed by atoms with Gasteiger partial charge in [-0.3, -0.25) is 0 Å². The average molecular weight is 302 g/mol. The highest BCUT2D eigenvalue weighted by molar-refractivity contribution is 7.90. The molecule has 16 heavy (non-hydrogen) atoms. The van der Waals surface area contributed by atoms with E-state index in [0.29, 0.717) is 0 Å². The average Bonchev–Trinajstić information content (AvgIpc) is 2.17. The summed E-state index contributed by atoms with van der Waals surface area (Å²) < 4.78 is 24.5. The van der Waals surface area contributed by atoms with Crippen molar-refractivity contribution >= 4 is 50.7 Å². The molecule has 0 fully saturated rings. The molecule has 0 aliphatic heterocycles. The third kappa shape index (κ3) is 3.52. The van der Waals surface area contributed by atoms with Crippen molar-refractivity contribution in [2.45, 2.75) is 8.69 Å². The monoisotopic (exact) mass is 300 g/mol. The van der Waals surface area contributed by atoms with Crippen LogP contribution in [0.2, 0.25) is 0 Å². The molecule has 0 amide bonds. The van der Waals surface area contributed by atoms with Crippen molar-refractivity contribution in [2.24, 2.45) is 10.1 Å². The van der Waals surface area contributed by atoms with Crippen LogP contribution < -0.4 is 5.73 Å². The van der Waals surface area contributed by atoms with Crippen molar-refractivity contribution in [2.75, 3.05) is 0 Å². The molecule has 0 bridgehead atoms. The summed E-state index contributed by atoms with van der Waals surface area (Å²) >= 11 is 16.2. The molecule has 1 rings (SSSR count). The van der Waals surface area contributed by atoms with Gasteiger partial charge in [0.1, 0.15) is 0 Å². The largest absolute Gasteiger partial charge is 0.383 e. The van der Waals surface area contributed by atoms with Gasteiger partial charge in [0.2, 0.25) is 3.79 Å². The highest BCUT2D eigenvalue weighted by Crippen LogP contribution is 2.27. The van der Waals surface area contributed by atoms with Crippen molar-refractivity contribution in [1.29, 1.82) is 0 Å². The maximum atomic E-state index is 11.6. The standard InChI is InChI=1S/C8H7Cl3N2O2S/c9-8(10,11)7(12)13-16(14,15)6-4-2-1-3-5-6/h1-5H,(H2,12,13). The normalized spacial score (nSPS) is 13.8. The molecule has 0 spiro atoms. The summed E-state index contributed by atoms with van der Waals surface area (Å²) in [6.45, 7) is 0. The van der Waals surface area contributed by atoms with Crippen molar-refractivity contribution in [3.63, 3.8) is 0 Å². The molecule has 1 aromatic carbocycles. The van der Waals surface area contributed by atoms with Crippen LogP contribution in [0.25, 0.3) is 0 Å². The van der Waals surface area contributed by atoms with Crippen LogP contribution in [-0.4, -0.2) is 18.0 Å². The second kappa shape index (κ2) is 4.79. The Morgan fingerprint density at radius 3 is 2.12 bits per heavy atom. The van der Waals surface area contributed by atoms with Crippen molar-refractivity contribution < 1.29 is 8.42 Å². The Morgan fingerprint density at radius 1 is 1.19 bits per heavy atom. The number of hydrogen-bond acceptors (Lipinski definition) is 2. The fourth-order valence-electron chi connectivity index (χ4n) is 0.826. The van der Waals surface area contributed by atoms with Crippen LogP contribution in [0.1, 0.15) is 0 Å². The molecule has 0 aliphatic rings. The molecule has 0 saturated heterocycles. The molecule has 0 saturated carbocycles. The molecule has 0 radical (unpaired) electrons. The van der Waals surface area contributed by atoms with E-state index >= 15 is 0 Å². The van der Waals surface area contributed by atoms with Crippen molar-refractivity contribution in [1.82, 2.24) is 0 Å². The Bertz CT molecular complexity index is 494. The third-order valence-electron chi connectivity index (χ3n) is 1.55. The smallest absolute Gasteiger partial charge is 0.284 e. The van der Waals surface area contributed by atoms with E-state index in [1.807, 2.05) is 0 Å². The van der Waals surface area contributed by atoms with Crippen LogP contribution in [0.5, 0.6) is 0 Å². The quantitative estimate of drug-likeness (QED) is 0.516. The summed E-state index contributed by atoms with van der Waals surface area (Å²) in [6, 6.07) is 7.50. The summed E-state index contributed by atoms with van der Waals surface area (Å²) in [6.07, 6.45) is 0. The highest BCUT2D eigenvalue weighted by Gasteiger charge is 2.28. The first-order valence-corrected chi connectivity index (χ1v) is 6.53. The minimum absolute atomic E-state index is 0.0211. The van der Waals surface area contributed by atoms with Gasteiger partial charge in [0.25, 0.3) is 10.0 Å². The molecule has 0 unspecified atom stereocenters. The zero-order chi connectivity index (χ0) is 12.4. The maximum absolute atomic E-state index is 11.6. The fraction of sp³-hybridized carbons (Fsp3) is 0.125. The summed E-state index contributed by atoms with van der Waals surface area (Å²) in [5, 5.41) is 0. The van der Waals surface area contributed by atoms with Gasteiger partial charge in [0.15, 0.2) is 5.84 Å². The van der Waals surface area contributed by atoms with E-state index in [9.17, 15) is 8.42 Å². The zero-order valence-corrected chi connectivity index (χ0v) is 10.9. The summed E-state index contributed by atoms with van der Waals surface area (Å²) in [4.78, 5) is -0.0211. The molecule has 0 heterocycles. The number of hydrogen-bond donors (Lipinski definition) is 1. The van der Waals surface area contributed by atoms with Gasteiger partial charge in [-0.05, 0) is 12.1 Å². The van der Waals surface area contributed by atoms with Gasteiger partial charge < -0.3 is 5.73 Å². The second-order valence-electron chi connectivity index (χ2n) is 2.76. The molecule has 4 nitrogen and oxygen atoms in total. The minimum Gasteiger partial charge on any atom is -0.383 e. The lowest BCUT2D eigenvalue weighted by Crippen LogP contribution is -2.29. The van der Waals surface area contributed by atoms with E-state index in [0.717, 1.165) is 0 Å². The topological polar surface area (TPSA) is 72.5 Å². The van der Waals surface area contributed by atoms with Crippen LogP contribution in [0.3, 0.4) is 0 Å². The first-order valence-electron chi connectivity index (χ1n) is 3.96. The number of nitrogens with two attached hydrogens (primary N) is 1. The minimum atomic E-state index is -3.93. The lowest BCUT2D eigenvalue weighted by atomic mass is 10.4. The van der Waals surface area contributed by atoms with E-state index in [-0.39, 0.29) is 4.90 Å². The van der Waals surface area contributed by atoms with Crippen LogP contribution >= 0.6 is 34.8 Å².